The smallest absolute Gasteiger partial charge is 0.0488 e. The molecule has 0 aliphatic rings. The SMILES string of the molecule is CCCC(CN)CCOCC(C)C. The van der Waals surface area contributed by atoms with Crippen LogP contribution in [0.25, 0.3) is 0 Å². The van der Waals surface area contributed by atoms with Gasteiger partial charge in [0.2, 0.25) is 0 Å². The third-order valence-corrected chi connectivity index (χ3v) is 2.15. The molecule has 0 saturated carbocycles. The summed E-state index contributed by atoms with van der Waals surface area (Å²) in [7, 11) is 0. The predicted octanol–water partition coefficient (Wildman–Crippen LogP) is 2.42. The number of nitrogens with two attached hydrogens (primary N) is 1. The zero-order chi connectivity index (χ0) is 10.1. The molecule has 0 saturated heterocycles. The van der Waals surface area contributed by atoms with Gasteiger partial charge in [-0.05, 0) is 31.2 Å². The maximum Gasteiger partial charge on any atom is 0.0488 e. The van der Waals surface area contributed by atoms with E-state index >= 15 is 0 Å². The molecular weight excluding hydrogens is 162 g/mol. The molecular formula is C11H25NO. The zero-order valence-corrected chi connectivity index (χ0v) is 9.38. The lowest BCUT2D eigenvalue weighted by Gasteiger charge is -2.14. The lowest BCUT2D eigenvalue weighted by atomic mass is 10.0. The molecule has 0 bridgehead atoms. The van der Waals surface area contributed by atoms with E-state index in [9.17, 15) is 0 Å². The van der Waals surface area contributed by atoms with Crippen molar-refractivity contribution in [1.82, 2.24) is 0 Å². The Balaban J connectivity index is 3.27. The average molecular weight is 187 g/mol. The number of hydrogen-bond acceptors (Lipinski definition) is 2. The standard InChI is InChI=1S/C11H25NO/c1-4-5-11(8-12)6-7-13-9-10(2)3/h10-11H,4-9,12H2,1-3H3. The van der Waals surface area contributed by atoms with Gasteiger partial charge in [0.05, 0.1) is 0 Å². The van der Waals surface area contributed by atoms with Crippen molar-refractivity contribution in [2.24, 2.45) is 17.6 Å². The van der Waals surface area contributed by atoms with Crippen LogP contribution in [0.5, 0.6) is 0 Å². The average Bonchev–Trinajstić information content (AvgIpc) is 2.10. The minimum Gasteiger partial charge on any atom is -0.381 e. The normalized spacial score (nSPS) is 13.6. The molecule has 2 heteroatoms. The van der Waals surface area contributed by atoms with E-state index in [2.05, 4.69) is 20.8 Å². The van der Waals surface area contributed by atoms with E-state index in [0.717, 1.165) is 26.2 Å². The maximum absolute atomic E-state index is 5.65. The van der Waals surface area contributed by atoms with E-state index in [1.165, 1.54) is 12.8 Å². The minimum atomic E-state index is 0.641. The molecule has 0 aromatic heterocycles. The molecule has 13 heavy (non-hydrogen) atoms. The summed E-state index contributed by atoms with van der Waals surface area (Å²) in [6.45, 7) is 9.11. The van der Waals surface area contributed by atoms with E-state index in [0.29, 0.717) is 11.8 Å². The van der Waals surface area contributed by atoms with Crippen molar-refractivity contribution in [3.63, 3.8) is 0 Å². The Kier molecular flexibility index (Phi) is 8.46. The highest BCUT2D eigenvalue weighted by Crippen LogP contribution is 2.09. The molecule has 1 atom stereocenters. The van der Waals surface area contributed by atoms with Crippen molar-refractivity contribution in [3.8, 4) is 0 Å². The summed E-state index contributed by atoms with van der Waals surface area (Å²) in [5, 5.41) is 0. The molecule has 0 amide bonds. The van der Waals surface area contributed by atoms with E-state index in [-0.39, 0.29) is 0 Å². The molecule has 80 valence electrons. The summed E-state index contributed by atoms with van der Waals surface area (Å²) in [6.07, 6.45) is 3.59. The molecule has 2 N–H and O–H groups in total. The van der Waals surface area contributed by atoms with Crippen LogP contribution >= 0.6 is 0 Å². The fraction of sp³-hybridized carbons (Fsp3) is 1.00. The van der Waals surface area contributed by atoms with Gasteiger partial charge in [0.15, 0.2) is 0 Å². The van der Waals surface area contributed by atoms with E-state index in [1.807, 2.05) is 0 Å². The first-order valence-corrected chi connectivity index (χ1v) is 5.48. The van der Waals surface area contributed by atoms with Crippen molar-refractivity contribution in [2.75, 3.05) is 19.8 Å². The van der Waals surface area contributed by atoms with Crippen LogP contribution in [0.1, 0.15) is 40.0 Å². The first kappa shape index (κ1) is 12.9. The van der Waals surface area contributed by atoms with Crippen molar-refractivity contribution in [1.29, 1.82) is 0 Å². The highest BCUT2D eigenvalue weighted by molar-refractivity contribution is 4.58. The summed E-state index contributed by atoms with van der Waals surface area (Å²) >= 11 is 0. The molecule has 1 unspecified atom stereocenters. The lowest BCUT2D eigenvalue weighted by molar-refractivity contribution is 0.0975. The van der Waals surface area contributed by atoms with Gasteiger partial charge in [-0.2, -0.15) is 0 Å². The first-order chi connectivity index (χ1) is 6.20. The van der Waals surface area contributed by atoms with Crippen LogP contribution in [-0.2, 0) is 4.74 Å². The molecule has 2 nitrogen and oxygen atoms in total. The van der Waals surface area contributed by atoms with Crippen molar-refractivity contribution in [3.05, 3.63) is 0 Å². The van der Waals surface area contributed by atoms with Crippen molar-refractivity contribution in [2.45, 2.75) is 40.0 Å². The van der Waals surface area contributed by atoms with E-state index in [1.54, 1.807) is 0 Å². The van der Waals surface area contributed by atoms with Crippen LogP contribution in [-0.4, -0.2) is 19.8 Å². The summed E-state index contributed by atoms with van der Waals surface area (Å²) in [6, 6.07) is 0. The van der Waals surface area contributed by atoms with Crippen LogP contribution in [0.15, 0.2) is 0 Å². The van der Waals surface area contributed by atoms with Gasteiger partial charge in [0.25, 0.3) is 0 Å². The van der Waals surface area contributed by atoms with Crippen molar-refractivity contribution >= 4 is 0 Å². The van der Waals surface area contributed by atoms with Crippen molar-refractivity contribution < 1.29 is 4.74 Å². The fourth-order valence-corrected chi connectivity index (χ4v) is 1.36. The molecule has 0 aromatic carbocycles. The summed E-state index contributed by atoms with van der Waals surface area (Å²) < 4.78 is 5.52. The molecule has 0 aliphatic carbocycles. The Labute approximate surface area is 82.8 Å². The van der Waals surface area contributed by atoms with E-state index < -0.39 is 0 Å². The van der Waals surface area contributed by atoms with Gasteiger partial charge < -0.3 is 10.5 Å². The summed E-state index contributed by atoms with van der Waals surface area (Å²) in [4.78, 5) is 0. The predicted molar refractivity (Wildman–Crippen MR) is 57.7 cm³/mol. The highest BCUT2D eigenvalue weighted by Gasteiger charge is 2.04. The third kappa shape index (κ3) is 8.26. The number of hydrogen-bond donors (Lipinski definition) is 1. The molecule has 0 spiro atoms. The molecule has 0 heterocycles. The largest absolute Gasteiger partial charge is 0.381 e. The van der Waals surface area contributed by atoms with Gasteiger partial charge in [0, 0.05) is 13.2 Å². The number of rotatable bonds is 8. The maximum atomic E-state index is 5.65. The van der Waals surface area contributed by atoms with Gasteiger partial charge in [0.1, 0.15) is 0 Å². The second-order valence-electron chi connectivity index (χ2n) is 4.15. The highest BCUT2D eigenvalue weighted by atomic mass is 16.5. The van der Waals surface area contributed by atoms with E-state index in [4.69, 9.17) is 10.5 Å². The van der Waals surface area contributed by atoms with Gasteiger partial charge in [-0.25, -0.2) is 0 Å². The first-order valence-electron chi connectivity index (χ1n) is 5.48. The van der Waals surface area contributed by atoms with Crippen LogP contribution < -0.4 is 5.73 Å². The van der Waals surface area contributed by atoms with Gasteiger partial charge in [-0.15, -0.1) is 0 Å². The van der Waals surface area contributed by atoms with Crippen LogP contribution in [0.3, 0.4) is 0 Å². The molecule has 0 aromatic rings. The van der Waals surface area contributed by atoms with Crippen LogP contribution in [0.2, 0.25) is 0 Å². The molecule has 0 radical (unpaired) electrons. The quantitative estimate of drug-likeness (QED) is 0.592. The Hall–Kier alpha value is -0.0800. The van der Waals surface area contributed by atoms with Gasteiger partial charge in [-0.1, -0.05) is 27.2 Å². The topological polar surface area (TPSA) is 35.2 Å². The summed E-state index contributed by atoms with van der Waals surface area (Å²) in [5.41, 5.74) is 5.65. The lowest BCUT2D eigenvalue weighted by Crippen LogP contribution is -2.17. The second-order valence-corrected chi connectivity index (χ2v) is 4.15. The Morgan fingerprint density at radius 1 is 1.23 bits per heavy atom. The fourth-order valence-electron chi connectivity index (χ4n) is 1.36. The third-order valence-electron chi connectivity index (χ3n) is 2.15. The minimum absolute atomic E-state index is 0.641. The Morgan fingerprint density at radius 2 is 1.92 bits per heavy atom. The second kappa shape index (κ2) is 8.52. The summed E-state index contributed by atoms with van der Waals surface area (Å²) in [5.74, 6) is 1.31. The zero-order valence-electron chi connectivity index (χ0n) is 9.38. The van der Waals surface area contributed by atoms with Crippen LogP contribution in [0.4, 0.5) is 0 Å². The monoisotopic (exact) mass is 187 g/mol. The Bertz CT molecular complexity index is 104. The Morgan fingerprint density at radius 3 is 2.38 bits per heavy atom. The molecule has 0 aliphatic heterocycles. The van der Waals surface area contributed by atoms with Gasteiger partial charge in [-0.3, -0.25) is 0 Å². The van der Waals surface area contributed by atoms with Crippen LogP contribution in [0, 0.1) is 11.8 Å². The molecule has 0 fully saturated rings. The number of ether oxygens (including phenoxy) is 1. The molecule has 0 rings (SSSR count). The van der Waals surface area contributed by atoms with Gasteiger partial charge >= 0.3 is 0 Å².